The fourth-order valence-electron chi connectivity index (χ4n) is 2.86. The minimum absolute atomic E-state index is 0.0888. The van der Waals surface area contributed by atoms with Crippen molar-refractivity contribution in [1.29, 1.82) is 0 Å². The van der Waals surface area contributed by atoms with Gasteiger partial charge in [-0.15, -0.1) is 0 Å². The van der Waals surface area contributed by atoms with Crippen molar-refractivity contribution in [2.45, 2.75) is 70.1 Å². The molecule has 0 rings (SSSR count). The molecule has 14 heteroatoms. The Hall–Kier alpha value is -2.87. The second-order valence-electron chi connectivity index (χ2n) is 8.21. The number of carbonyl (C=O) groups excluding carboxylic acids is 5. The highest BCUT2D eigenvalue weighted by molar-refractivity contribution is 7.98. The van der Waals surface area contributed by atoms with Gasteiger partial charge in [-0.3, -0.25) is 24.0 Å². The third-order valence-corrected chi connectivity index (χ3v) is 5.29. The van der Waals surface area contributed by atoms with Gasteiger partial charge in [-0.2, -0.15) is 11.8 Å². The smallest absolute Gasteiger partial charge is 0.326 e. The van der Waals surface area contributed by atoms with Crippen LogP contribution in [0, 0.1) is 5.92 Å². The van der Waals surface area contributed by atoms with Crippen LogP contribution >= 0.6 is 11.8 Å². The average molecular weight is 505 g/mol. The number of rotatable bonds is 17. The topological polar surface area (TPSA) is 237 Å². The number of hydrogen-bond donors (Lipinski definition) is 7. The summed E-state index contributed by atoms with van der Waals surface area (Å²) >= 11 is 1.50. The molecule has 0 aromatic carbocycles. The normalized spacial score (nSPS) is 14.4. The van der Waals surface area contributed by atoms with Gasteiger partial charge >= 0.3 is 5.97 Å². The molecule has 5 amide bonds. The van der Waals surface area contributed by atoms with Gasteiger partial charge in [0.1, 0.15) is 18.1 Å². The summed E-state index contributed by atoms with van der Waals surface area (Å²) in [6.45, 7) is 3.56. The summed E-state index contributed by atoms with van der Waals surface area (Å²) in [6.07, 6.45) is 1.38. The Labute approximate surface area is 202 Å². The quantitative estimate of drug-likeness (QED) is 0.113. The lowest BCUT2D eigenvalue weighted by Gasteiger charge is -2.26. The molecule has 0 heterocycles. The van der Waals surface area contributed by atoms with Crippen molar-refractivity contribution in [2.75, 3.05) is 12.0 Å². The molecule has 0 aliphatic heterocycles. The minimum atomic E-state index is -1.57. The van der Waals surface area contributed by atoms with Crippen LogP contribution in [0.25, 0.3) is 0 Å². The zero-order valence-corrected chi connectivity index (χ0v) is 20.5. The van der Waals surface area contributed by atoms with E-state index in [0.29, 0.717) is 12.2 Å². The number of nitrogens with one attached hydrogen (secondary N) is 3. The van der Waals surface area contributed by atoms with Crippen molar-refractivity contribution in [3.05, 3.63) is 0 Å². The lowest BCUT2D eigenvalue weighted by Crippen LogP contribution is -2.57. The molecule has 13 nitrogen and oxygen atoms in total. The number of carboxylic acid groups (broad SMARTS) is 1. The molecule has 0 aromatic heterocycles. The maximum absolute atomic E-state index is 12.9. The maximum Gasteiger partial charge on any atom is 0.326 e. The number of hydrogen-bond acceptors (Lipinski definition) is 8. The van der Waals surface area contributed by atoms with Gasteiger partial charge in [-0.1, -0.05) is 13.8 Å². The van der Waals surface area contributed by atoms with Gasteiger partial charge in [0.2, 0.25) is 29.5 Å². The lowest BCUT2D eigenvalue weighted by atomic mass is 10.0. The minimum Gasteiger partial charge on any atom is -0.480 e. The van der Waals surface area contributed by atoms with Gasteiger partial charge < -0.3 is 38.3 Å². The number of carboxylic acids is 1. The Morgan fingerprint density at radius 3 is 1.82 bits per heavy atom. The van der Waals surface area contributed by atoms with Crippen LogP contribution in [0.15, 0.2) is 0 Å². The van der Waals surface area contributed by atoms with Crippen molar-refractivity contribution in [1.82, 2.24) is 16.0 Å². The molecule has 0 fully saturated rings. The molecule has 4 unspecified atom stereocenters. The van der Waals surface area contributed by atoms with Crippen LogP contribution in [-0.4, -0.2) is 76.8 Å². The molecule has 194 valence electrons. The number of aliphatic carboxylic acids is 1. The molecule has 0 radical (unpaired) electrons. The van der Waals surface area contributed by atoms with Crippen molar-refractivity contribution in [3.63, 3.8) is 0 Å². The molecule has 0 saturated carbocycles. The second kappa shape index (κ2) is 15.9. The first kappa shape index (κ1) is 31.1. The molecule has 4 atom stereocenters. The van der Waals surface area contributed by atoms with Gasteiger partial charge in [0, 0.05) is 6.42 Å². The summed E-state index contributed by atoms with van der Waals surface area (Å²) in [7, 11) is 0. The number of amides is 5. The summed E-state index contributed by atoms with van der Waals surface area (Å²) in [6, 6.07) is -4.84. The summed E-state index contributed by atoms with van der Waals surface area (Å²) in [5.41, 5.74) is 16.0. The highest BCUT2D eigenvalue weighted by Crippen LogP contribution is 2.08. The van der Waals surface area contributed by atoms with Crippen LogP contribution in [0.5, 0.6) is 0 Å². The van der Waals surface area contributed by atoms with E-state index >= 15 is 0 Å². The Balaban J connectivity index is 5.54. The van der Waals surface area contributed by atoms with Crippen LogP contribution in [0.4, 0.5) is 0 Å². The van der Waals surface area contributed by atoms with E-state index in [1.165, 1.54) is 11.8 Å². The van der Waals surface area contributed by atoms with Crippen molar-refractivity contribution in [2.24, 2.45) is 23.1 Å². The van der Waals surface area contributed by atoms with Gasteiger partial charge in [-0.05, 0) is 37.2 Å². The SMILES string of the molecule is CSCCC(N)C(=O)NC(CCC(N)=O)C(=O)NC(CC(C)C)C(=O)NC(CC(N)=O)C(=O)O. The standard InChI is InChI=1S/C20H36N6O7S/c1-10(2)8-13(19(31)26-14(20(32)33)9-16(23)28)25-18(30)12(4-5-15(22)27)24-17(29)11(21)6-7-34-3/h10-14H,4-9,21H2,1-3H3,(H2,22,27)(H2,23,28)(H,24,29)(H,25,30)(H,26,31)(H,32,33). The maximum atomic E-state index is 12.9. The second-order valence-corrected chi connectivity index (χ2v) is 9.20. The molecule has 0 aliphatic rings. The van der Waals surface area contributed by atoms with Crippen LogP contribution in [-0.2, 0) is 28.8 Å². The zero-order chi connectivity index (χ0) is 26.4. The number of nitrogens with two attached hydrogens (primary N) is 3. The van der Waals surface area contributed by atoms with Gasteiger partial charge in [0.25, 0.3) is 0 Å². The summed E-state index contributed by atoms with van der Waals surface area (Å²) in [5, 5.41) is 16.4. The van der Waals surface area contributed by atoms with E-state index in [1.807, 2.05) is 6.26 Å². The largest absolute Gasteiger partial charge is 0.480 e. The molecule has 0 aliphatic carbocycles. The summed E-state index contributed by atoms with van der Waals surface area (Å²) < 4.78 is 0. The summed E-state index contributed by atoms with van der Waals surface area (Å²) in [4.78, 5) is 71.7. The number of primary amides is 2. The average Bonchev–Trinajstić information content (AvgIpc) is 2.72. The van der Waals surface area contributed by atoms with E-state index in [0.717, 1.165) is 0 Å². The van der Waals surface area contributed by atoms with Gasteiger partial charge in [0.15, 0.2) is 0 Å². The molecule has 34 heavy (non-hydrogen) atoms. The molecule has 10 N–H and O–H groups in total. The van der Waals surface area contributed by atoms with E-state index < -0.39 is 66.1 Å². The first-order valence-electron chi connectivity index (χ1n) is 10.7. The van der Waals surface area contributed by atoms with E-state index in [4.69, 9.17) is 17.2 Å². The third kappa shape index (κ3) is 13.0. The first-order valence-corrected chi connectivity index (χ1v) is 12.1. The highest BCUT2D eigenvalue weighted by atomic mass is 32.2. The fraction of sp³-hybridized carbons (Fsp3) is 0.700. The number of thioether (sulfide) groups is 1. The highest BCUT2D eigenvalue weighted by Gasteiger charge is 2.31. The van der Waals surface area contributed by atoms with E-state index in [1.54, 1.807) is 13.8 Å². The zero-order valence-electron chi connectivity index (χ0n) is 19.7. The van der Waals surface area contributed by atoms with Gasteiger partial charge in [-0.25, -0.2) is 4.79 Å². The molecule has 0 bridgehead atoms. The van der Waals surface area contributed by atoms with Gasteiger partial charge in [0.05, 0.1) is 12.5 Å². The predicted octanol–water partition coefficient (Wildman–Crippen LogP) is -2.21. The molecule has 0 saturated heterocycles. The first-order chi connectivity index (χ1) is 15.8. The van der Waals surface area contributed by atoms with E-state index in [-0.39, 0.29) is 25.2 Å². The Bertz CT molecular complexity index is 749. The predicted molar refractivity (Wildman–Crippen MR) is 126 cm³/mol. The van der Waals surface area contributed by atoms with Crippen LogP contribution < -0.4 is 33.2 Å². The Morgan fingerprint density at radius 1 is 0.824 bits per heavy atom. The molecular weight excluding hydrogens is 468 g/mol. The van der Waals surface area contributed by atoms with Crippen LogP contribution in [0.1, 0.15) is 46.0 Å². The molecule has 0 aromatic rings. The Kier molecular flexibility index (Phi) is 14.5. The van der Waals surface area contributed by atoms with E-state index in [2.05, 4.69) is 16.0 Å². The summed E-state index contributed by atoms with van der Waals surface area (Å²) in [5.74, 6) is -4.76. The Morgan fingerprint density at radius 2 is 1.35 bits per heavy atom. The molecule has 0 spiro atoms. The van der Waals surface area contributed by atoms with Crippen molar-refractivity contribution in [3.8, 4) is 0 Å². The monoisotopic (exact) mass is 504 g/mol. The van der Waals surface area contributed by atoms with E-state index in [9.17, 15) is 33.9 Å². The fourth-order valence-corrected chi connectivity index (χ4v) is 3.35. The van der Waals surface area contributed by atoms with Crippen LogP contribution in [0.3, 0.4) is 0 Å². The van der Waals surface area contributed by atoms with Crippen molar-refractivity contribution < 1.29 is 33.9 Å². The van der Waals surface area contributed by atoms with Crippen molar-refractivity contribution >= 4 is 47.3 Å². The third-order valence-electron chi connectivity index (χ3n) is 4.64. The van der Waals surface area contributed by atoms with Crippen LogP contribution in [0.2, 0.25) is 0 Å². The number of carbonyl (C=O) groups is 6. The molecular formula is C20H36N6O7S. The lowest BCUT2D eigenvalue weighted by molar-refractivity contribution is -0.143.